The van der Waals surface area contributed by atoms with E-state index in [2.05, 4.69) is 0 Å². The van der Waals surface area contributed by atoms with E-state index >= 15 is 0 Å². The number of carbonyl (C=O) groups is 1. The van der Waals surface area contributed by atoms with Gasteiger partial charge in [-0.15, -0.1) is 0 Å². The minimum Gasteiger partial charge on any atom is -0.459 e. The molecule has 7 heteroatoms. The van der Waals surface area contributed by atoms with Crippen LogP contribution < -0.4 is 0 Å². The minimum absolute atomic E-state index is 0.184. The molecule has 212 valence electrons. The summed E-state index contributed by atoms with van der Waals surface area (Å²) < 4.78 is 30.7. The Bertz CT molecular complexity index is 1320. The number of ether oxygens (including phenoxy) is 5. The molecule has 0 aliphatic carbocycles. The molecule has 0 unspecified atom stereocenters. The average molecular weight is 555 g/mol. The number of rotatable bonds is 12. The van der Waals surface area contributed by atoms with E-state index in [1.165, 1.54) is 0 Å². The molecule has 5 atom stereocenters. The number of hydrogen-bond donors (Lipinski definition) is 1. The number of hydrogen-bond acceptors (Lipinski definition) is 7. The van der Waals surface area contributed by atoms with Crippen LogP contribution in [0.25, 0.3) is 0 Å². The van der Waals surface area contributed by atoms with E-state index in [9.17, 15) is 9.90 Å². The van der Waals surface area contributed by atoms with Crippen molar-refractivity contribution in [3.8, 4) is 0 Å². The number of carbonyl (C=O) groups excluding carboxylic acids is 1. The van der Waals surface area contributed by atoms with Crippen LogP contribution in [0.15, 0.2) is 121 Å². The molecule has 0 radical (unpaired) electrons. The van der Waals surface area contributed by atoms with Crippen molar-refractivity contribution in [3.05, 3.63) is 144 Å². The predicted octanol–water partition coefficient (Wildman–Crippen LogP) is 5.32. The SMILES string of the molecule is O=C(OC[C@@H]1O[C@@H](OCc2ccccc2)[C@H](OCc2ccccc2)[C@@H](OCc2ccccc2)[C@H]1O)c1ccccc1. The smallest absolute Gasteiger partial charge is 0.338 e. The molecule has 1 saturated heterocycles. The van der Waals surface area contributed by atoms with E-state index in [0.29, 0.717) is 5.56 Å². The molecule has 0 spiro atoms. The third-order valence-corrected chi connectivity index (χ3v) is 6.83. The summed E-state index contributed by atoms with van der Waals surface area (Å²) in [6, 6.07) is 37.9. The highest BCUT2D eigenvalue weighted by Crippen LogP contribution is 2.29. The van der Waals surface area contributed by atoms with Crippen molar-refractivity contribution < 1.29 is 33.6 Å². The highest BCUT2D eigenvalue weighted by atomic mass is 16.7. The van der Waals surface area contributed by atoms with Gasteiger partial charge in [0.2, 0.25) is 0 Å². The van der Waals surface area contributed by atoms with Crippen molar-refractivity contribution in [2.45, 2.75) is 50.5 Å². The van der Waals surface area contributed by atoms with Crippen LogP contribution in [0.2, 0.25) is 0 Å². The van der Waals surface area contributed by atoms with E-state index in [1.54, 1.807) is 24.3 Å². The van der Waals surface area contributed by atoms with Crippen LogP contribution in [0.3, 0.4) is 0 Å². The highest BCUT2D eigenvalue weighted by molar-refractivity contribution is 5.89. The van der Waals surface area contributed by atoms with Gasteiger partial charge in [0.1, 0.15) is 31.0 Å². The first-order valence-electron chi connectivity index (χ1n) is 13.7. The van der Waals surface area contributed by atoms with Crippen LogP contribution in [-0.4, -0.2) is 48.4 Å². The summed E-state index contributed by atoms with van der Waals surface area (Å²) in [5.74, 6) is -0.507. The number of aliphatic hydroxyl groups is 1. The molecule has 1 aliphatic heterocycles. The second kappa shape index (κ2) is 14.7. The lowest BCUT2D eigenvalue weighted by Gasteiger charge is -2.44. The van der Waals surface area contributed by atoms with E-state index in [4.69, 9.17) is 23.7 Å². The number of benzene rings is 4. The Hall–Kier alpha value is -3.85. The highest BCUT2D eigenvalue weighted by Gasteiger charge is 2.48. The van der Waals surface area contributed by atoms with Gasteiger partial charge in [0.05, 0.1) is 25.4 Å². The molecule has 1 N–H and O–H groups in total. The third-order valence-electron chi connectivity index (χ3n) is 6.83. The zero-order valence-electron chi connectivity index (χ0n) is 22.7. The van der Waals surface area contributed by atoms with E-state index in [-0.39, 0.29) is 26.4 Å². The van der Waals surface area contributed by atoms with Crippen molar-refractivity contribution >= 4 is 5.97 Å². The van der Waals surface area contributed by atoms with Gasteiger partial charge in [0.25, 0.3) is 0 Å². The first-order valence-corrected chi connectivity index (χ1v) is 13.7. The van der Waals surface area contributed by atoms with Crippen LogP contribution in [0.4, 0.5) is 0 Å². The fraction of sp³-hybridized carbons (Fsp3) is 0.265. The monoisotopic (exact) mass is 554 g/mol. The Labute approximate surface area is 240 Å². The Kier molecular flexibility index (Phi) is 10.3. The van der Waals surface area contributed by atoms with Gasteiger partial charge < -0.3 is 28.8 Å². The normalized spacial score (nSPS) is 22.2. The van der Waals surface area contributed by atoms with Crippen molar-refractivity contribution in [1.29, 1.82) is 0 Å². The van der Waals surface area contributed by atoms with Crippen molar-refractivity contribution in [2.75, 3.05) is 6.61 Å². The molecule has 0 bridgehead atoms. The second-order valence-corrected chi connectivity index (χ2v) is 9.82. The molecule has 4 aromatic rings. The first kappa shape index (κ1) is 28.7. The topological polar surface area (TPSA) is 83.5 Å². The molecule has 1 heterocycles. The standard InChI is InChI=1S/C34H34O7/c35-30-29(24-39-33(36)28-19-11-4-12-20-28)41-34(40-23-27-17-9-3-10-18-27)32(38-22-26-15-7-2-8-16-26)31(30)37-21-25-13-5-1-6-14-25/h1-20,29-32,34-35H,21-24H2/t29-,30-,31-,32+,34+/m0/s1. The molecule has 5 rings (SSSR count). The van der Waals surface area contributed by atoms with E-state index < -0.39 is 36.7 Å². The van der Waals surface area contributed by atoms with Gasteiger partial charge in [0.15, 0.2) is 6.29 Å². The predicted molar refractivity (Wildman–Crippen MR) is 153 cm³/mol. The lowest BCUT2D eigenvalue weighted by molar-refractivity contribution is -0.322. The molecule has 41 heavy (non-hydrogen) atoms. The molecule has 4 aromatic carbocycles. The van der Waals surface area contributed by atoms with Gasteiger partial charge in [-0.2, -0.15) is 0 Å². The summed E-state index contributed by atoms with van der Waals surface area (Å²) in [5, 5.41) is 11.5. The van der Waals surface area contributed by atoms with Crippen molar-refractivity contribution in [1.82, 2.24) is 0 Å². The summed E-state index contributed by atoms with van der Waals surface area (Å²) in [5.41, 5.74) is 3.28. The molecule has 1 aliphatic rings. The Morgan fingerprint density at radius 1 is 0.610 bits per heavy atom. The largest absolute Gasteiger partial charge is 0.459 e. The van der Waals surface area contributed by atoms with Crippen LogP contribution >= 0.6 is 0 Å². The minimum atomic E-state index is -1.15. The first-order chi connectivity index (χ1) is 20.2. The van der Waals surface area contributed by atoms with Gasteiger partial charge in [-0.05, 0) is 28.8 Å². The molecule has 0 aromatic heterocycles. The van der Waals surface area contributed by atoms with Gasteiger partial charge in [-0.1, -0.05) is 109 Å². The Morgan fingerprint density at radius 3 is 1.56 bits per heavy atom. The second-order valence-electron chi connectivity index (χ2n) is 9.82. The maximum absolute atomic E-state index is 12.7. The fourth-order valence-electron chi connectivity index (χ4n) is 4.63. The average Bonchev–Trinajstić information content (AvgIpc) is 3.04. The summed E-state index contributed by atoms with van der Waals surface area (Å²) in [4.78, 5) is 12.7. The van der Waals surface area contributed by atoms with Crippen LogP contribution in [0.5, 0.6) is 0 Å². The zero-order valence-corrected chi connectivity index (χ0v) is 22.7. The maximum atomic E-state index is 12.7. The van der Waals surface area contributed by atoms with Gasteiger partial charge in [0, 0.05) is 0 Å². The summed E-state index contributed by atoms with van der Waals surface area (Å²) in [6.45, 7) is 0.590. The molecular formula is C34H34O7. The molecular weight excluding hydrogens is 520 g/mol. The van der Waals surface area contributed by atoms with Crippen LogP contribution in [0, 0.1) is 0 Å². The van der Waals surface area contributed by atoms with Crippen LogP contribution in [-0.2, 0) is 43.5 Å². The lowest BCUT2D eigenvalue weighted by atomic mass is 9.98. The zero-order chi connectivity index (χ0) is 28.3. The third kappa shape index (κ3) is 8.10. The van der Waals surface area contributed by atoms with Gasteiger partial charge in [-0.25, -0.2) is 4.79 Å². The summed E-state index contributed by atoms with van der Waals surface area (Å²) >= 11 is 0. The molecule has 0 amide bonds. The Balaban J connectivity index is 1.36. The fourth-order valence-corrected chi connectivity index (χ4v) is 4.63. The van der Waals surface area contributed by atoms with E-state index in [1.807, 2.05) is 97.1 Å². The Morgan fingerprint density at radius 2 is 1.05 bits per heavy atom. The number of esters is 1. The lowest BCUT2D eigenvalue weighted by Crippen LogP contribution is -2.61. The summed E-state index contributed by atoms with van der Waals surface area (Å²) in [7, 11) is 0. The quantitative estimate of drug-likeness (QED) is 0.238. The van der Waals surface area contributed by atoms with Crippen LogP contribution in [0.1, 0.15) is 27.0 Å². The summed E-state index contributed by atoms with van der Waals surface area (Å²) in [6.07, 6.45) is -4.54. The molecule has 7 nitrogen and oxygen atoms in total. The number of aliphatic hydroxyl groups excluding tert-OH is 1. The van der Waals surface area contributed by atoms with Crippen molar-refractivity contribution in [2.24, 2.45) is 0 Å². The maximum Gasteiger partial charge on any atom is 0.338 e. The van der Waals surface area contributed by atoms with Gasteiger partial charge in [-0.3, -0.25) is 0 Å². The van der Waals surface area contributed by atoms with Crippen molar-refractivity contribution in [3.63, 3.8) is 0 Å². The van der Waals surface area contributed by atoms with E-state index in [0.717, 1.165) is 16.7 Å². The van der Waals surface area contributed by atoms with Gasteiger partial charge >= 0.3 is 5.97 Å². The molecule has 1 fully saturated rings. The molecule has 0 saturated carbocycles.